The largest absolute Gasteiger partial charge is 0.367 e. The van der Waals surface area contributed by atoms with Crippen LogP contribution in [-0.4, -0.2) is 25.7 Å². The number of hydrogen-bond acceptors (Lipinski definition) is 3. The van der Waals surface area contributed by atoms with Crippen LogP contribution in [-0.2, 0) is 5.11 Å². The molecule has 1 aliphatic heterocycles. The highest BCUT2D eigenvalue weighted by Crippen LogP contribution is 2.29. The van der Waals surface area contributed by atoms with Gasteiger partial charge in [-0.05, 0) is 40.6 Å². The molecule has 2 aromatic rings. The molecule has 0 amide bonds. The van der Waals surface area contributed by atoms with Crippen LogP contribution < -0.4 is 10.2 Å². The van der Waals surface area contributed by atoms with Gasteiger partial charge in [-0.2, -0.15) is 11.3 Å². The number of nitrogens with one attached hydrogen (secondary N) is 1. The third kappa shape index (κ3) is 3.21. The van der Waals surface area contributed by atoms with Crippen molar-refractivity contribution >= 4 is 28.6 Å². The molecule has 1 aromatic heterocycles. The Bertz CT molecular complexity index is 608. The molecule has 0 saturated carbocycles. The molecule has 0 spiro atoms. The van der Waals surface area contributed by atoms with Crippen molar-refractivity contribution in [1.29, 1.82) is 0 Å². The molecule has 1 aromatic carbocycles. The Kier molecular flexibility index (Phi) is 4.45. The van der Waals surface area contributed by atoms with Crippen molar-refractivity contribution in [2.45, 2.75) is 12.1 Å². The summed E-state index contributed by atoms with van der Waals surface area (Å²) in [6, 6.07) is 6.06. The Labute approximate surface area is 132 Å². The zero-order valence-electron chi connectivity index (χ0n) is 11.3. The summed E-state index contributed by atoms with van der Waals surface area (Å²) < 4.78 is 13.1. The second-order valence-corrected chi connectivity index (χ2v) is 6.27. The predicted octanol–water partition coefficient (Wildman–Crippen LogP) is 3.49. The molecule has 6 heteroatoms. The smallest absolute Gasteiger partial charge is 0.136 e. The Morgan fingerprint density at radius 3 is 3.00 bits per heavy atom. The summed E-state index contributed by atoms with van der Waals surface area (Å²) >= 11 is 7.64. The Balaban J connectivity index is 1.76. The molecule has 21 heavy (non-hydrogen) atoms. The minimum absolute atomic E-state index is 0.186. The molecule has 1 fully saturated rings. The average molecular weight is 326 g/mol. The predicted molar refractivity (Wildman–Crippen MR) is 83.2 cm³/mol. The zero-order valence-corrected chi connectivity index (χ0v) is 12.8. The Morgan fingerprint density at radius 1 is 1.43 bits per heavy atom. The van der Waals surface area contributed by atoms with Crippen LogP contribution in [0.3, 0.4) is 0 Å². The maximum Gasteiger partial charge on any atom is 0.136 e. The molecule has 1 saturated heterocycles. The molecule has 2 atom stereocenters. The van der Waals surface area contributed by atoms with Crippen LogP contribution in [0.25, 0.3) is 0 Å². The highest BCUT2D eigenvalue weighted by molar-refractivity contribution is 7.07. The van der Waals surface area contributed by atoms with Gasteiger partial charge >= 0.3 is 0 Å². The van der Waals surface area contributed by atoms with Crippen LogP contribution in [0.15, 0.2) is 35.0 Å². The van der Waals surface area contributed by atoms with Gasteiger partial charge in [0.05, 0.1) is 16.8 Å². The molecule has 3 rings (SSSR count). The first-order valence-electron chi connectivity index (χ1n) is 6.76. The van der Waals surface area contributed by atoms with Crippen molar-refractivity contribution in [3.05, 3.63) is 51.4 Å². The van der Waals surface area contributed by atoms with Crippen LogP contribution in [0.5, 0.6) is 0 Å². The van der Waals surface area contributed by atoms with Crippen molar-refractivity contribution in [2.75, 3.05) is 24.5 Å². The molecule has 1 aliphatic rings. The van der Waals surface area contributed by atoms with Crippen LogP contribution in [0, 0.1) is 5.82 Å². The molecule has 1 radical (unpaired) electrons. The zero-order chi connectivity index (χ0) is 14.8. The maximum absolute atomic E-state index is 13.1. The standard InChI is InChI=1S/C15H15ClFN2OS/c16-12-7-11(17)1-2-14(12)19-5-4-18-13(8-19)15(20)10-3-6-21-9-10/h1-3,6-7,9,13,15,18H,4-5,8H2. The number of piperazine rings is 1. The van der Waals surface area contributed by atoms with E-state index in [0.717, 1.165) is 17.8 Å². The van der Waals surface area contributed by atoms with E-state index in [2.05, 4.69) is 5.32 Å². The Morgan fingerprint density at radius 2 is 2.29 bits per heavy atom. The van der Waals surface area contributed by atoms with Crippen LogP contribution in [0.1, 0.15) is 11.7 Å². The fraction of sp³-hybridized carbons (Fsp3) is 0.333. The van der Waals surface area contributed by atoms with Crippen molar-refractivity contribution < 1.29 is 9.50 Å². The van der Waals surface area contributed by atoms with Gasteiger partial charge < -0.3 is 10.2 Å². The Hall–Kier alpha value is -1.14. The van der Waals surface area contributed by atoms with Gasteiger partial charge in [-0.3, -0.25) is 0 Å². The number of anilines is 1. The number of thiophene rings is 1. The highest BCUT2D eigenvalue weighted by Gasteiger charge is 2.29. The van der Waals surface area contributed by atoms with Crippen molar-refractivity contribution in [2.24, 2.45) is 0 Å². The van der Waals surface area contributed by atoms with E-state index in [-0.39, 0.29) is 11.9 Å². The normalized spacial score (nSPS) is 20.5. The van der Waals surface area contributed by atoms with Gasteiger partial charge in [-0.15, -0.1) is 0 Å². The van der Waals surface area contributed by atoms with Crippen LogP contribution in [0.2, 0.25) is 5.02 Å². The lowest BCUT2D eigenvalue weighted by atomic mass is 10.0. The highest BCUT2D eigenvalue weighted by atomic mass is 35.5. The number of rotatable bonds is 3. The lowest BCUT2D eigenvalue weighted by Gasteiger charge is -2.37. The van der Waals surface area contributed by atoms with E-state index in [1.54, 1.807) is 6.07 Å². The van der Waals surface area contributed by atoms with Gasteiger partial charge in [0.2, 0.25) is 0 Å². The fourth-order valence-corrected chi connectivity index (χ4v) is 3.58. The summed E-state index contributed by atoms with van der Waals surface area (Å²) in [5.74, 6) is -0.351. The number of halogens is 2. The minimum Gasteiger partial charge on any atom is -0.367 e. The number of benzene rings is 1. The van der Waals surface area contributed by atoms with Gasteiger partial charge in [-0.1, -0.05) is 11.6 Å². The van der Waals surface area contributed by atoms with Crippen molar-refractivity contribution in [3.63, 3.8) is 0 Å². The van der Waals surface area contributed by atoms with Gasteiger partial charge in [-0.25, -0.2) is 9.50 Å². The van der Waals surface area contributed by atoms with E-state index >= 15 is 0 Å². The molecule has 0 aliphatic carbocycles. The lowest BCUT2D eigenvalue weighted by molar-refractivity contribution is 0.0516. The molecule has 3 nitrogen and oxygen atoms in total. The summed E-state index contributed by atoms with van der Waals surface area (Å²) in [7, 11) is 0. The topological polar surface area (TPSA) is 35.2 Å². The second kappa shape index (κ2) is 6.32. The third-order valence-electron chi connectivity index (χ3n) is 3.69. The molecule has 2 heterocycles. The summed E-state index contributed by atoms with van der Waals surface area (Å²) in [5, 5.41) is 19.9. The average Bonchev–Trinajstić information content (AvgIpc) is 3.01. The fourth-order valence-electron chi connectivity index (χ4n) is 2.61. The minimum atomic E-state index is -0.807. The first-order valence-corrected chi connectivity index (χ1v) is 8.08. The van der Waals surface area contributed by atoms with Crippen molar-refractivity contribution in [3.8, 4) is 0 Å². The summed E-state index contributed by atoms with van der Waals surface area (Å²) in [4.78, 5) is 2.04. The first kappa shape index (κ1) is 14.8. The summed E-state index contributed by atoms with van der Waals surface area (Å²) in [6.45, 7) is 2.02. The second-order valence-electron chi connectivity index (χ2n) is 5.08. The molecule has 0 bridgehead atoms. The number of nitrogens with zero attached hydrogens (tertiary/aromatic N) is 1. The van der Waals surface area contributed by atoms with Gasteiger partial charge in [0, 0.05) is 19.6 Å². The van der Waals surface area contributed by atoms with Crippen LogP contribution >= 0.6 is 22.9 Å². The summed E-state index contributed by atoms with van der Waals surface area (Å²) in [6.07, 6.45) is -0.807. The SMILES string of the molecule is [O]C(c1ccsc1)C1CN(c2ccc(F)cc2Cl)CCN1. The van der Waals surface area contributed by atoms with E-state index in [9.17, 15) is 9.50 Å². The van der Waals surface area contributed by atoms with E-state index < -0.39 is 6.10 Å². The monoisotopic (exact) mass is 325 g/mol. The molecule has 111 valence electrons. The summed E-state index contributed by atoms with van der Waals surface area (Å²) in [5.41, 5.74) is 1.59. The van der Waals surface area contributed by atoms with Crippen molar-refractivity contribution in [1.82, 2.24) is 5.32 Å². The van der Waals surface area contributed by atoms with Crippen LogP contribution in [0.4, 0.5) is 10.1 Å². The lowest BCUT2D eigenvalue weighted by Crippen LogP contribution is -2.53. The molecular weight excluding hydrogens is 311 g/mol. The molecular formula is C15H15ClFN2OS. The van der Waals surface area contributed by atoms with Gasteiger partial charge in [0.25, 0.3) is 0 Å². The molecule has 1 N–H and O–H groups in total. The first-order chi connectivity index (χ1) is 10.1. The van der Waals surface area contributed by atoms with Gasteiger partial charge in [0.1, 0.15) is 11.9 Å². The number of hydrogen-bond donors (Lipinski definition) is 1. The van der Waals surface area contributed by atoms with E-state index in [1.165, 1.54) is 23.5 Å². The van der Waals surface area contributed by atoms with E-state index in [0.29, 0.717) is 18.1 Å². The molecule has 2 unspecified atom stereocenters. The van der Waals surface area contributed by atoms with E-state index in [1.807, 2.05) is 21.7 Å². The third-order valence-corrected chi connectivity index (χ3v) is 4.70. The maximum atomic E-state index is 13.1. The van der Waals surface area contributed by atoms with E-state index in [4.69, 9.17) is 11.6 Å². The van der Waals surface area contributed by atoms with Gasteiger partial charge in [0.15, 0.2) is 0 Å². The quantitative estimate of drug-likeness (QED) is 0.937.